The molecule has 2 aromatic carbocycles. The number of carboxylic acid groups (broad SMARTS) is 1. The first-order chi connectivity index (χ1) is 9.95. The largest absolute Gasteiger partial charge is 0.480 e. The lowest BCUT2D eigenvalue weighted by atomic mass is 10.0. The van der Waals surface area contributed by atoms with Gasteiger partial charge in [0.05, 0.1) is 0 Å². The fraction of sp³-hybridized carbons (Fsp3) is 0.235. The van der Waals surface area contributed by atoms with Gasteiger partial charge in [0.1, 0.15) is 5.25 Å². The summed E-state index contributed by atoms with van der Waals surface area (Å²) in [7, 11) is 0. The van der Waals surface area contributed by atoms with Crippen LogP contribution >= 0.6 is 23.4 Å². The summed E-state index contributed by atoms with van der Waals surface area (Å²) in [6.07, 6.45) is 0.510. The maximum atomic E-state index is 11.5. The summed E-state index contributed by atoms with van der Waals surface area (Å²) in [5.74, 6) is -0.796. The predicted molar refractivity (Wildman–Crippen MR) is 88.4 cm³/mol. The first-order valence-corrected chi connectivity index (χ1v) is 7.92. The van der Waals surface area contributed by atoms with E-state index in [0.29, 0.717) is 11.4 Å². The molecular formula is C17H17ClO2S. The minimum Gasteiger partial charge on any atom is -0.480 e. The number of hydrogen-bond acceptors (Lipinski definition) is 2. The fourth-order valence-corrected chi connectivity index (χ4v) is 3.19. The first kappa shape index (κ1) is 15.9. The fourth-order valence-electron chi connectivity index (χ4n) is 2.08. The Morgan fingerprint density at radius 2 is 1.86 bits per heavy atom. The molecule has 4 heteroatoms. The van der Waals surface area contributed by atoms with Crippen LogP contribution < -0.4 is 0 Å². The summed E-state index contributed by atoms with van der Waals surface area (Å²) in [4.78, 5) is 12.4. The van der Waals surface area contributed by atoms with Crippen molar-refractivity contribution in [3.63, 3.8) is 0 Å². The zero-order chi connectivity index (χ0) is 15.4. The average molecular weight is 321 g/mol. The molecule has 0 spiro atoms. The molecule has 1 atom stereocenters. The standard InChI is InChI=1S/C17H17ClO2S/c1-11-3-4-12(2)13(9-11)10-16(17(19)20)21-15-7-5-14(18)6-8-15/h3-9,16H,10H2,1-2H3,(H,19,20)/t16-/m1/s1. The van der Waals surface area contributed by atoms with Crippen LogP contribution in [0, 0.1) is 13.8 Å². The zero-order valence-corrected chi connectivity index (χ0v) is 13.5. The Hall–Kier alpha value is -1.45. The molecule has 2 rings (SSSR count). The van der Waals surface area contributed by atoms with Crippen LogP contribution in [0.3, 0.4) is 0 Å². The third kappa shape index (κ3) is 4.51. The molecule has 2 nitrogen and oxygen atoms in total. The number of aliphatic carboxylic acids is 1. The highest BCUT2D eigenvalue weighted by molar-refractivity contribution is 8.00. The van der Waals surface area contributed by atoms with Gasteiger partial charge in [0.2, 0.25) is 0 Å². The number of benzene rings is 2. The lowest BCUT2D eigenvalue weighted by Crippen LogP contribution is -2.19. The molecule has 21 heavy (non-hydrogen) atoms. The van der Waals surface area contributed by atoms with Crippen LogP contribution in [0.2, 0.25) is 5.02 Å². The van der Waals surface area contributed by atoms with Gasteiger partial charge in [0.25, 0.3) is 0 Å². The minimum absolute atomic E-state index is 0.508. The third-order valence-electron chi connectivity index (χ3n) is 3.28. The third-order valence-corrected chi connectivity index (χ3v) is 4.73. The van der Waals surface area contributed by atoms with Crippen molar-refractivity contribution < 1.29 is 9.90 Å². The molecule has 110 valence electrons. The van der Waals surface area contributed by atoms with Crippen LogP contribution in [-0.4, -0.2) is 16.3 Å². The van der Waals surface area contributed by atoms with Gasteiger partial charge in [-0.3, -0.25) is 4.79 Å². The number of aryl methyl sites for hydroxylation is 2. The number of carboxylic acids is 1. The SMILES string of the molecule is Cc1ccc(C)c(C[C@@H](Sc2ccc(Cl)cc2)C(=O)O)c1. The van der Waals surface area contributed by atoms with Gasteiger partial charge < -0.3 is 5.11 Å². The summed E-state index contributed by atoms with van der Waals surface area (Å²) in [5, 5.41) is 9.61. The topological polar surface area (TPSA) is 37.3 Å². The van der Waals surface area contributed by atoms with Crippen molar-refractivity contribution in [2.24, 2.45) is 0 Å². The molecular weight excluding hydrogens is 304 g/mol. The van der Waals surface area contributed by atoms with E-state index in [2.05, 4.69) is 6.07 Å². The van der Waals surface area contributed by atoms with Gasteiger partial charge in [0, 0.05) is 9.92 Å². The highest BCUT2D eigenvalue weighted by Gasteiger charge is 2.20. The molecule has 0 heterocycles. The highest BCUT2D eigenvalue weighted by atomic mass is 35.5. The summed E-state index contributed by atoms with van der Waals surface area (Å²) in [5.41, 5.74) is 3.36. The van der Waals surface area contributed by atoms with Crippen molar-refractivity contribution >= 4 is 29.3 Å². The maximum Gasteiger partial charge on any atom is 0.317 e. The van der Waals surface area contributed by atoms with Crippen LogP contribution in [0.15, 0.2) is 47.4 Å². The second kappa shape index (κ2) is 7.01. The van der Waals surface area contributed by atoms with Crippen LogP contribution in [0.5, 0.6) is 0 Å². The van der Waals surface area contributed by atoms with Crippen molar-refractivity contribution in [3.05, 3.63) is 64.2 Å². The molecule has 2 aromatic rings. The van der Waals surface area contributed by atoms with E-state index in [1.54, 1.807) is 12.1 Å². The molecule has 0 aliphatic rings. The molecule has 0 bridgehead atoms. The second-order valence-electron chi connectivity index (χ2n) is 5.03. The number of halogens is 1. The van der Waals surface area contributed by atoms with Crippen LogP contribution in [0.4, 0.5) is 0 Å². The lowest BCUT2D eigenvalue weighted by Gasteiger charge is -2.14. The summed E-state index contributed by atoms with van der Waals surface area (Å²) in [6.45, 7) is 4.03. The van der Waals surface area contributed by atoms with E-state index in [1.165, 1.54) is 11.8 Å². The highest BCUT2D eigenvalue weighted by Crippen LogP contribution is 2.28. The van der Waals surface area contributed by atoms with Crippen molar-refractivity contribution in [2.45, 2.75) is 30.4 Å². The number of carbonyl (C=O) groups is 1. The molecule has 0 saturated heterocycles. The summed E-state index contributed by atoms with van der Waals surface area (Å²) >= 11 is 7.21. The molecule has 0 aliphatic carbocycles. The molecule has 0 fully saturated rings. The van der Waals surface area contributed by atoms with Crippen molar-refractivity contribution in [3.8, 4) is 0 Å². The second-order valence-corrected chi connectivity index (χ2v) is 6.75. The maximum absolute atomic E-state index is 11.5. The van der Waals surface area contributed by atoms with E-state index in [0.717, 1.165) is 21.6 Å². The number of rotatable bonds is 5. The normalized spacial score (nSPS) is 12.1. The Morgan fingerprint density at radius 3 is 2.48 bits per heavy atom. The van der Waals surface area contributed by atoms with Gasteiger partial charge in [0.15, 0.2) is 0 Å². The van der Waals surface area contributed by atoms with E-state index >= 15 is 0 Å². The monoisotopic (exact) mass is 320 g/mol. The Balaban J connectivity index is 2.17. The predicted octanol–water partition coefficient (Wildman–Crippen LogP) is 4.74. The van der Waals surface area contributed by atoms with E-state index in [1.807, 2.05) is 38.1 Å². The van der Waals surface area contributed by atoms with Crippen molar-refractivity contribution in [1.29, 1.82) is 0 Å². The van der Waals surface area contributed by atoms with Gasteiger partial charge in [-0.2, -0.15) is 0 Å². The molecule has 0 aromatic heterocycles. The smallest absolute Gasteiger partial charge is 0.317 e. The molecule has 0 radical (unpaired) electrons. The summed E-state index contributed by atoms with van der Waals surface area (Å²) in [6, 6.07) is 13.4. The van der Waals surface area contributed by atoms with E-state index in [9.17, 15) is 9.90 Å². The van der Waals surface area contributed by atoms with Gasteiger partial charge in [-0.05, 0) is 55.7 Å². The van der Waals surface area contributed by atoms with Crippen LogP contribution in [0.1, 0.15) is 16.7 Å². The average Bonchev–Trinajstić information content (AvgIpc) is 2.44. The molecule has 0 aliphatic heterocycles. The zero-order valence-electron chi connectivity index (χ0n) is 12.0. The Kier molecular flexibility index (Phi) is 5.32. The van der Waals surface area contributed by atoms with Crippen LogP contribution in [0.25, 0.3) is 0 Å². The molecule has 1 N–H and O–H groups in total. The molecule has 0 unspecified atom stereocenters. The van der Waals surface area contributed by atoms with Crippen molar-refractivity contribution in [2.75, 3.05) is 0 Å². The summed E-state index contributed by atoms with van der Waals surface area (Å²) < 4.78 is 0. The Labute approximate surface area is 134 Å². The number of thioether (sulfide) groups is 1. The van der Waals surface area contributed by atoms with Crippen LogP contribution in [-0.2, 0) is 11.2 Å². The van der Waals surface area contributed by atoms with E-state index < -0.39 is 11.2 Å². The van der Waals surface area contributed by atoms with Gasteiger partial charge >= 0.3 is 5.97 Å². The van der Waals surface area contributed by atoms with Gasteiger partial charge in [-0.15, -0.1) is 11.8 Å². The van der Waals surface area contributed by atoms with E-state index in [4.69, 9.17) is 11.6 Å². The quantitative estimate of drug-likeness (QED) is 0.808. The lowest BCUT2D eigenvalue weighted by molar-refractivity contribution is -0.136. The Morgan fingerprint density at radius 1 is 1.19 bits per heavy atom. The minimum atomic E-state index is -0.796. The van der Waals surface area contributed by atoms with E-state index in [-0.39, 0.29) is 0 Å². The molecule has 0 saturated carbocycles. The van der Waals surface area contributed by atoms with Gasteiger partial charge in [-0.1, -0.05) is 35.4 Å². The molecule has 0 amide bonds. The number of hydrogen-bond donors (Lipinski definition) is 1. The van der Waals surface area contributed by atoms with Gasteiger partial charge in [-0.25, -0.2) is 0 Å². The first-order valence-electron chi connectivity index (χ1n) is 6.67. The van der Waals surface area contributed by atoms with Crippen molar-refractivity contribution in [1.82, 2.24) is 0 Å². The Bertz CT molecular complexity index is 638.